The molecule has 11 heteroatoms. The first-order chi connectivity index (χ1) is 69.8. The third-order valence-corrected chi connectivity index (χ3v) is 30.8. The number of nitrogens with zero attached hydrogens (tertiary/aromatic N) is 11. The van der Waals surface area contributed by atoms with Gasteiger partial charge < -0.3 is 22.8 Å². The van der Waals surface area contributed by atoms with E-state index in [1.165, 1.54) is 188 Å². The number of hydrogen-bond donors (Lipinski definition) is 0. The summed E-state index contributed by atoms with van der Waals surface area (Å²) in [6.07, 6.45) is 13.5. The maximum absolute atomic E-state index is 2.47. The van der Waals surface area contributed by atoms with Crippen LogP contribution in [-0.2, 0) is 32.5 Å². The minimum Gasteiger partial charge on any atom is -0.305 e. The van der Waals surface area contributed by atoms with Crippen molar-refractivity contribution in [3.05, 3.63) is 444 Å². The molecular weight excluding hydrogens is 1780 g/mol. The second-order valence-electron chi connectivity index (χ2n) is 46.4. The standard InChI is InChI=1S/2C49H47N4.C37H40N3/c1-32-41(49(6,7)8)29-34(48(3,4)5)30-44(32)50-27-28-51(33(50)2)47-45-39(37-23-15-17-25-42(37)52(45)35-19-11-9-12-20-35)31-40-38-24-16-18-26-43(38)53(46(40)47)36-21-13-10-14-22-36;1-32-40(49(6,7)8)30-34(48(3,4)5)31-45(32)50-28-29-51(33(50)2)47-44(53-42-24-16-12-20-36(42)37-21-13-17-25-43(37)53)27-26-39-38-22-14-15-23-41(38)52(46(39)47)35-18-10-9-11-19-35;1-25-30(37(6,7)8)23-27(36(3,4)5)24-35(25)39-22-21-38(26(39)2)33-19-13-14-20-34(33)40-31-17-11-9-15-28(31)29-16-10-12-18-32(29)40/h2*9-31H,1-8H3;9-24H,1-8H3/q3*+1. The van der Waals surface area contributed by atoms with Crippen molar-refractivity contribution in [3.8, 4) is 62.6 Å². The number of benzene rings is 16. The zero-order valence-corrected chi connectivity index (χ0v) is 89.2. The SMILES string of the molecule is Cc1c(-n2cc[n+](-c3c(-n4c5ccccc5c5ccccc54)ccc4c5ccccc5n(-c5ccccc5)c34)c2C)cc(C(C)(C)C)cc1C(C)(C)C.Cc1c(-n2cc[n+](-c3c4c(cc5c6ccccc6n(-c6ccccc6)c35)c3ccccc3n4-c3ccccc3)c2C)cc(C(C)(C)C)cc1C(C)(C)C.Cc1c(-n2cc[n+](-c3ccccc3-n3c4ccccc4c4ccccc43)c2C)cc(C(C)(C)C)cc1C(C)(C)C. The molecule has 0 aliphatic carbocycles. The molecule has 726 valence electrons. The summed E-state index contributed by atoms with van der Waals surface area (Å²) in [5.41, 5.74) is 37.2. The molecule has 8 heterocycles. The molecule has 0 spiro atoms. The van der Waals surface area contributed by atoms with Crippen LogP contribution in [0.25, 0.3) is 172 Å². The van der Waals surface area contributed by atoms with Gasteiger partial charge in [-0.15, -0.1) is 0 Å². The minimum atomic E-state index is 0.00211. The second-order valence-corrected chi connectivity index (χ2v) is 46.4. The monoisotopic (exact) mass is 1910 g/mol. The number of rotatable bonds is 11. The van der Waals surface area contributed by atoms with Crippen LogP contribution in [-0.4, -0.2) is 36.5 Å². The van der Waals surface area contributed by atoms with Crippen LogP contribution in [0.1, 0.15) is 192 Å². The zero-order chi connectivity index (χ0) is 102. The lowest BCUT2D eigenvalue weighted by atomic mass is 9.78. The van der Waals surface area contributed by atoms with E-state index in [0.717, 1.165) is 51.5 Å². The summed E-state index contributed by atoms with van der Waals surface area (Å²) >= 11 is 0. The van der Waals surface area contributed by atoms with Gasteiger partial charge in [0.05, 0.1) is 50.0 Å². The molecule has 0 saturated carbocycles. The van der Waals surface area contributed by atoms with Crippen LogP contribution in [0.2, 0.25) is 0 Å². The molecule has 0 aliphatic heterocycles. The van der Waals surface area contributed by atoms with Gasteiger partial charge in [0.25, 0.3) is 17.5 Å². The molecule has 16 aromatic carbocycles. The van der Waals surface area contributed by atoms with E-state index in [0.29, 0.717) is 0 Å². The van der Waals surface area contributed by atoms with Crippen LogP contribution in [0, 0.1) is 41.5 Å². The Bertz CT molecular complexity index is 9040. The summed E-state index contributed by atoms with van der Waals surface area (Å²) in [5, 5.41) is 12.5. The van der Waals surface area contributed by atoms with Gasteiger partial charge >= 0.3 is 0 Å². The molecule has 0 unspecified atom stereocenters. The van der Waals surface area contributed by atoms with E-state index in [1.807, 2.05) is 0 Å². The predicted octanol–water partition coefficient (Wildman–Crippen LogP) is 33.4. The Morgan fingerprint density at radius 3 is 0.767 bits per heavy atom. The van der Waals surface area contributed by atoms with Crippen molar-refractivity contribution in [1.82, 2.24) is 36.5 Å². The van der Waals surface area contributed by atoms with Crippen LogP contribution in [0.5, 0.6) is 0 Å². The van der Waals surface area contributed by atoms with Gasteiger partial charge in [-0.25, -0.2) is 0 Å². The van der Waals surface area contributed by atoms with Gasteiger partial charge in [-0.2, -0.15) is 27.4 Å². The first kappa shape index (κ1) is 95.0. The van der Waals surface area contributed by atoms with E-state index in [1.54, 1.807) is 0 Å². The van der Waals surface area contributed by atoms with E-state index in [9.17, 15) is 0 Å². The van der Waals surface area contributed by atoms with Crippen molar-refractivity contribution < 1.29 is 13.7 Å². The molecule has 0 bridgehead atoms. The Morgan fingerprint density at radius 1 is 0.192 bits per heavy atom. The molecular formula is C135H134N11+3. The number of hydrogen-bond acceptors (Lipinski definition) is 0. The average molecular weight is 1910 g/mol. The maximum atomic E-state index is 2.47. The summed E-state index contributed by atoms with van der Waals surface area (Å²) in [6.45, 7) is 55.4. The van der Waals surface area contributed by atoms with Crippen molar-refractivity contribution in [3.63, 3.8) is 0 Å². The van der Waals surface area contributed by atoms with Crippen molar-refractivity contribution in [1.29, 1.82) is 0 Å². The van der Waals surface area contributed by atoms with Gasteiger partial charge in [0.1, 0.15) is 70.8 Å². The van der Waals surface area contributed by atoms with Gasteiger partial charge in [-0.3, -0.25) is 0 Å². The molecule has 0 atom stereocenters. The van der Waals surface area contributed by atoms with Gasteiger partial charge in [-0.1, -0.05) is 337 Å². The van der Waals surface area contributed by atoms with E-state index < -0.39 is 0 Å². The van der Waals surface area contributed by atoms with Gasteiger partial charge in [-0.05, 0) is 231 Å². The Morgan fingerprint density at radius 2 is 0.445 bits per heavy atom. The van der Waals surface area contributed by atoms with Crippen LogP contribution >= 0.6 is 0 Å². The van der Waals surface area contributed by atoms with Gasteiger partial charge in [0, 0.05) is 91.7 Å². The molecule has 11 nitrogen and oxygen atoms in total. The molecule has 0 saturated heterocycles. The smallest absolute Gasteiger partial charge is 0.263 e. The Kier molecular flexibility index (Phi) is 23.2. The van der Waals surface area contributed by atoms with Crippen LogP contribution in [0.15, 0.2) is 377 Å². The molecule has 0 fully saturated rings. The highest BCUT2D eigenvalue weighted by Gasteiger charge is 2.37. The number of para-hydroxylation sites is 12. The highest BCUT2D eigenvalue weighted by atomic mass is 15.2. The summed E-state index contributed by atoms with van der Waals surface area (Å²) in [6, 6.07) is 124. The molecule has 0 aliphatic rings. The van der Waals surface area contributed by atoms with E-state index in [4.69, 9.17) is 0 Å². The second kappa shape index (κ2) is 35.6. The summed E-state index contributed by atoms with van der Waals surface area (Å²) in [4.78, 5) is 0. The fraction of sp³-hybridized carbons (Fsp3) is 0.222. The lowest BCUT2D eigenvalue weighted by Crippen LogP contribution is -2.35. The topological polar surface area (TPSA) is 51.1 Å². The molecule has 146 heavy (non-hydrogen) atoms. The van der Waals surface area contributed by atoms with Crippen molar-refractivity contribution >= 4 is 109 Å². The summed E-state index contributed by atoms with van der Waals surface area (Å²) in [7, 11) is 0. The largest absolute Gasteiger partial charge is 0.305 e. The first-order valence-corrected chi connectivity index (χ1v) is 51.9. The Hall–Kier alpha value is -15.9. The molecule has 0 radical (unpaired) electrons. The van der Waals surface area contributed by atoms with Crippen LogP contribution < -0.4 is 13.7 Å². The Balaban J connectivity index is 0.000000126. The minimum absolute atomic E-state index is 0.00211. The highest BCUT2D eigenvalue weighted by molar-refractivity contribution is 6.23. The normalized spacial score (nSPS) is 12.5. The quantitative estimate of drug-likeness (QED) is 0.116. The van der Waals surface area contributed by atoms with E-state index in [-0.39, 0.29) is 32.5 Å². The highest BCUT2D eigenvalue weighted by Crippen LogP contribution is 2.48. The molecule has 24 rings (SSSR count). The maximum Gasteiger partial charge on any atom is 0.263 e. The lowest BCUT2D eigenvalue weighted by molar-refractivity contribution is -0.601. The fourth-order valence-electron chi connectivity index (χ4n) is 23.3. The van der Waals surface area contributed by atoms with Crippen molar-refractivity contribution in [2.24, 2.45) is 0 Å². The average Bonchev–Trinajstić information content (AvgIpc) is 1.53. The third kappa shape index (κ3) is 16.0. The Labute approximate surface area is 859 Å². The van der Waals surface area contributed by atoms with Crippen molar-refractivity contribution in [2.45, 2.75) is 199 Å². The van der Waals surface area contributed by atoms with Crippen LogP contribution in [0.4, 0.5) is 0 Å². The number of aromatic nitrogens is 11. The van der Waals surface area contributed by atoms with Crippen LogP contribution in [0.3, 0.4) is 0 Å². The molecule has 8 aromatic heterocycles. The molecule has 0 amide bonds. The summed E-state index contributed by atoms with van der Waals surface area (Å²) < 4.78 is 26.7. The fourth-order valence-corrected chi connectivity index (χ4v) is 23.3. The van der Waals surface area contributed by atoms with Gasteiger partial charge in [0.15, 0.2) is 17.1 Å². The van der Waals surface area contributed by atoms with Crippen molar-refractivity contribution in [2.75, 3.05) is 0 Å². The molecule has 0 N–H and O–H groups in total. The van der Waals surface area contributed by atoms with E-state index >= 15 is 0 Å². The first-order valence-electron chi connectivity index (χ1n) is 51.9. The number of imidazole rings is 3. The number of fused-ring (bicyclic) bond motifs is 15. The molecule has 24 aromatic rings. The summed E-state index contributed by atoms with van der Waals surface area (Å²) in [5.74, 6) is 3.45. The lowest BCUT2D eigenvalue weighted by Gasteiger charge is -2.27. The third-order valence-electron chi connectivity index (χ3n) is 30.8. The zero-order valence-electron chi connectivity index (χ0n) is 89.2. The predicted molar refractivity (Wildman–Crippen MR) is 614 cm³/mol. The van der Waals surface area contributed by atoms with E-state index in [2.05, 4.69) is 593 Å². The van der Waals surface area contributed by atoms with Gasteiger partial charge in [0.2, 0.25) is 0 Å².